The Labute approximate surface area is 159 Å². The van der Waals surface area contributed by atoms with Gasteiger partial charge >= 0.3 is 5.97 Å². The number of amidine groups is 1. The number of hydrogen-bond acceptors (Lipinski definition) is 6. The van der Waals surface area contributed by atoms with Gasteiger partial charge in [0.15, 0.2) is 12.6 Å². The molecule has 0 saturated heterocycles. The summed E-state index contributed by atoms with van der Waals surface area (Å²) in [5.74, 6) is -1.19. The smallest absolute Gasteiger partial charge is 0.331 e. The Hall–Kier alpha value is -2.42. The molecule has 1 aliphatic rings. The van der Waals surface area contributed by atoms with Gasteiger partial charge in [-0.05, 0) is 24.5 Å². The molecule has 1 amide bonds. The van der Waals surface area contributed by atoms with Crippen molar-refractivity contribution in [3.8, 4) is 0 Å². The standard InChI is InChI=1S/C18H25N3O5S/c1-4-5-10-19-15(22)11-26-18(23)16(12(2)3)20-17-13-8-6-7-9-14(13)27(24,25)21-17/h6-9,12,16H,4-5,10-11H2,1-3H3,(H,19,22)(H,20,21)/t16-/m0/s1. The van der Waals surface area contributed by atoms with Crippen LogP contribution in [0.5, 0.6) is 0 Å². The first-order chi connectivity index (χ1) is 12.8. The first kappa shape index (κ1) is 20.9. The van der Waals surface area contributed by atoms with Crippen molar-refractivity contribution in [2.24, 2.45) is 10.9 Å². The molecule has 0 aromatic heterocycles. The van der Waals surface area contributed by atoms with Gasteiger partial charge in [-0.3, -0.25) is 14.5 Å². The second-order valence-electron chi connectivity index (χ2n) is 6.58. The highest BCUT2D eigenvalue weighted by Gasteiger charge is 2.33. The Bertz CT molecular complexity index is 833. The first-order valence-corrected chi connectivity index (χ1v) is 10.4. The molecule has 148 valence electrons. The summed E-state index contributed by atoms with van der Waals surface area (Å²) in [6, 6.07) is 5.48. The zero-order valence-corrected chi connectivity index (χ0v) is 16.5. The van der Waals surface area contributed by atoms with Gasteiger partial charge in [0, 0.05) is 12.1 Å². The molecule has 1 aromatic rings. The summed E-state index contributed by atoms with van der Waals surface area (Å²) in [5, 5.41) is 2.66. The number of nitrogens with one attached hydrogen (secondary N) is 2. The molecule has 9 heteroatoms. The van der Waals surface area contributed by atoms with Gasteiger partial charge in [0.2, 0.25) is 0 Å². The predicted molar refractivity (Wildman–Crippen MR) is 101 cm³/mol. The first-order valence-electron chi connectivity index (χ1n) is 8.89. The molecule has 2 N–H and O–H groups in total. The third kappa shape index (κ3) is 5.29. The van der Waals surface area contributed by atoms with E-state index in [0.29, 0.717) is 12.1 Å². The van der Waals surface area contributed by atoms with Crippen LogP contribution in [-0.2, 0) is 24.3 Å². The molecular formula is C18H25N3O5S. The fourth-order valence-corrected chi connectivity index (χ4v) is 3.76. The quantitative estimate of drug-likeness (QED) is 0.507. The second kappa shape index (κ2) is 8.98. The topological polar surface area (TPSA) is 114 Å². The zero-order valence-electron chi connectivity index (χ0n) is 15.7. The molecular weight excluding hydrogens is 370 g/mol. The lowest BCUT2D eigenvalue weighted by Gasteiger charge is -2.16. The van der Waals surface area contributed by atoms with Crippen LogP contribution >= 0.6 is 0 Å². The summed E-state index contributed by atoms with van der Waals surface area (Å²) < 4.78 is 31.8. The van der Waals surface area contributed by atoms with E-state index in [9.17, 15) is 18.0 Å². The SMILES string of the molecule is CCCCNC(=O)COC(=O)[C@@H](N=C1NS(=O)(=O)c2ccccc21)C(C)C. The number of amides is 1. The summed E-state index contributed by atoms with van der Waals surface area (Å²) in [5.41, 5.74) is 0.410. The number of hydrogen-bond donors (Lipinski definition) is 2. The van der Waals surface area contributed by atoms with Crippen LogP contribution in [0.1, 0.15) is 39.2 Å². The number of esters is 1. The molecule has 0 radical (unpaired) electrons. The lowest BCUT2D eigenvalue weighted by Crippen LogP contribution is -2.35. The van der Waals surface area contributed by atoms with E-state index in [4.69, 9.17) is 4.74 Å². The van der Waals surface area contributed by atoms with Gasteiger partial charge in [0.1, 0.15) is 5.84 Å². The second-order valence-corrected chi connectivity index (χ2v) is 8.23. The van der Waals surface area contributed by atoms with E-state index >= 15 is 0 Å². The number of sulfonamides is 1. The molecule has 1 aromatic carbocycles. The minimum Gasteiger partial charge on any atom is -0.454 e. The van der Waals surface area contributed by atoms with Crippen molar-refractivity contribution in [3.63, 3.8) is 0 Å². The van der Waals surface area contributed by atoms with Gasteiger partial charge in [-0.15, -0.1) is 0 Å². The highest BCUT2D eigenvalue weighted by atomic mass is 32.2. The molecule has 1 atom stereocenters. The van der Waals surface area contributed by atoms with E-state index in [-0.39, 0.29) is 29.2 Å². The molecule has 8 nitrogen and oxygen atoms in total. The Morgan fingerprint density at radius 3 is 2.63 bits per heavy atom. The minimum atomic E-state index is -3.69. The summed E-state index contributed by atoms with van der Waals surface area (Å²) >= 11 is 0. The van der Waals surface area contributed by atoms with E-state index in [0.717, 1.165) is 12.8 Å². The van der Waals surface area contributed by atoms with Crippen molar-refractivity contribution in [3.05, 3.63) is 29.8 Å². The van der Waals surface area contributed by atoms with Gasteiger partial charge < -0.3 is 10.1 Å². The third-order valence-electron chi connectivity index (χ3n) is 4.00. The average molecular weight is 395 g/mol. The van der Waals surface area contributed by atoms with Crippen LogP contribution in [0, 0.1) is 5.92 Å². The normalized spacial score (nSPS) is 17.3. The molecule has 0 saturated carbocycles. The number of carbonyl (C=O) groups excluding carboxylic acids is 2. The van der Waals surface area contributed by atoms with Gasteiger partial charge in [0.05, 0.1) is 4.90 Å². The maximum absolute atomic E-state index is 12.4. The van der Waals surface area contributed by atoms with E-state index in [1.54, 1.807) is 32.0 Å². The number of unbranched alkanes of at least 4 members (excludes halogenated alkanes) is 1. The van der Waals surface area contributed by atoms with Gasteiger partial charge in [-0.1, -0.05) is 39.3 Å². The number of ether oxygens (including phenoxy) is 1. The van der Waals surface area contributed by atoms with Crippen LogP contribution in [0.2, 0.25) is 0 Å². The number of aliphatic imine (C=N–C) groups is 1. The van der Waals surface area contributed by atoms with Crippen molar-refractivity contribution < 1.29 is 22.7 Å². The van der Waals surface area contributed by atoms with Crippen molar-refractivity contribution in [1.29, 1.82) is 0 Å². The summed E-state index contributed by atoms with van der Waals surface area (Å²) in [6.07, 6.45) is 1.80. The zero-order chi connectivity index (χ0) is 20.0. The molecule has 0 unspecified atom stereocenters. The van der Waals surface area contributed by atoms with E-state index in [2.05, 4.69) is 15.0 Å². The largest absolute Gasteiger partial charge is 0.454 e. The van der Waals surface area contributed by atoms with Gasteiger partial charge in [0.25, 0.3) is 15.9 Å². The van der Waals surface area contributed by atoms with Crippen LogP contribution in [0.3, 0.4) is 0 Å². The fraction of sp³-hybridized carbons (Fsp3) is 0.500. The Morgan fingerprint density at radius 2 is 1.96 bits per heavy atom. The van der Waals surface area contributed by atoms with Crippen LogP contribution in [-0.4, -0.2) is 45.3 Å². The molecule has 0 fully saturated rings. The van der Waals surface area contributed by atoms with Crippen molar-refractivity contribution in [2.75, 3.05) is 13.2 Å². The van der Waals surface area contributed by atoms with E-state index in [1.807, 2.05) is 6.92 Å². The number of fused-ring (bicyclic) bond motifs is 1. The van der Waals surface area contributed by atoms with Crippen molar-refractivity contribution in [1.82, 2.24) is 10.0 Å². The molecule has 1 heterocycles. The molecule has 0 aliphatic carbocycles. The number of benzene rings is 1. The molecule has 2 rings (SSSR count). The summed E-state index contributed by atoms with van der Waals surface area (Å²) in [7, 11) is -3.69. The fourth-order valence-electron chi connectivity index (χ4n) is 2.52. The lowest BCUT2D eigenvalue weighted by molar-refractivity contribution is -0.150. The predicted octanol–water partition coefficient (Wildman–Crippen LogP) is 1.21. The lowest BCUT2D eigenvalue weighted by atomic mass is 10.1. The highest BCUT2D eigenvalue weighted by Crippen LogP contribution is 2.23. The molecule has 1 aliphatic heterocycles. The highest BCUT2D eigenvalue weighted by molar-refractivity contribution is 7.90. The van der Waals surface area contributed by atoms with Gasteiger partial charge in [-0.25, -0.2) is 13.2 Å². The maximum atomic E-state index is 12.4. The third-order valence-corrected chi connectivity index (χ3v) is 5.40. The van der Waals surface area contributed by atoms with Crippen LogP contribution < -0.4 is 10.0 Å². The van der Waals surface area contributed by atoms with Crippen molar-refractivity contribution in [2.45, 2.75) is 44.6 Å². The number of rotatable bonds is 8. The Morgan fingerprint density at radius 1 is 1.26 bits per heavy atom. The summed E-state index contributed by atoms with van der Waals surface area (Å²) in [4.78, 5) is 28.5. The van der Waals surface area contributed by atoms with Crippen molar-refractivity contribution >= 4 is 27.7 Å². The maximum Gasteiger partial charge on any atom is 0.331 e. The minimum absolute atomic E-state index is 0.105. The van der Waals surface area contributed by atoms with Gasteiger partial charge in [-0.2, -0.15) is 0 Å². The molecule has 0 bridgehead atoms. The summed E-state index contributed by atoms with van der Waals surface area (Å²) in [6.45, 7) is 5.69. The van der Waals surface area contributed by atoms with E-state index in [1.165, 1.54) is 6.07 Å². The Balaban J connectivity index is 2.11. The molecule has 0 spiro atoms. The van der Waals surface area contributed by atoms with Crippen LogP contribution in [0.4, 0.5) is 0 Å². The number of nitrogens with zero attached hydrogens (tertiary/aromatic N) is 1. The average Bonchev–Trinajstić information content (AvgIpc) is 2.88. The molecule has 27 heavy (non-hydrogen) atoms. The number of carbonyl (C=O) groups is 2. The monoisotopic (exact) mass is 395 g/mol. The van der Waals surface area contributed by atoms with Crippen LogP contribution in [0.25, 0.3) is 0 Å². The Kier molecular flexibility index (Phi) is 6.95. The van der Waals surface area contributed by atoms with Crippen LogP contribution in [0.15, 0.2) is 34.2 Å². The van der Waals surface area contributed by atoms with E-state index < -0.39 is 22.0 Å².